The number of nitrogens with one attached hydrogen (secondary N) is 2. The van der Waals surface area contributed by atoms with Crippen LogP contribution in [0, 0.1) is 0 Å². The van der Waals surface area contributed by atoms with E-state index in [0.717, 1.165) is 5.56 Å². The number of carboxylic acids is 1. The van der Waals surface area contributed by atoms with Gasteiger partial charge >= 0.3 is 11.9 Å². The SMILES string of the molecule is O=C(O)C1=C(C(=O)OCc2ccccc2)CNC(=S)N1. The number of hydrogen-bond acceptors (Lipinski definition) is 4. The van der Waals surface area contributed by atoms with Gasteiger partial charge in [0.05, 0.1) is 12.1 Å². The molecule has 7 heteroatoms. The maximum Gasteiger partial charge on any atom is 0.353 e. The molecule has 0 unspecified atom stereocenters. The van der Waals surface area contributed by atoms with Crippen LogP contribution < -0.4 is 10.6 Å². The third-order valence-corrected chi connectivity index (χ3v) is 2.89. The second-order valence-electron chi connectivity index (χ2n) is 4.03. The van der Waals surface area contributed by atoms with Gasteiger partial charge in [0.2, 0.25) is 0 Å². The summed E-state index contributed by atoms with van der Waals surface area (Å²) in [6.07, 6.45) is 0. The zero-order chi connectivity index (χ0) is 14.5. The lowest BCUT2D eigenvalue weighted by molar-refractivity contribution is -0.141. The lowest BCUT2D eigenvalue weighted by Gasteiger charge is -2.20. The molecular formula is C13H12N2O4S. The first kappa shape index (κ1) is 14.0. The number of aliphatic carboxylic acids is 1. The van der Waals surface area contributed by atoms with E-state index < -0.39 is 11.9 Å². The van der Waals surface area contributed by atoms with Crippen LogP contribution in [0.1, 0.15) is 5.56 Å². The van der Waals surface area contributed by atoms with Crippen molar-refractivity contribution in [1.82, 2.24) is 10.6 Å². The molecule has 0 aliphatic carbocycles. The first-order chi connectivity index (χ1) is 9.58. The lowest BCUT2D eigenvalue weighted by Crippen LogP contribution is -2.45. The molecule has 1 aromatic carbocycles. The first-order valence-electron chi connectivity index (χ1n) is 5.80. The Balaban J connectivity index is 2.09. The van der Waals surface area contributed by atoms with Gasteiger partial charge in [-0.05, 0) is 17.8 Å². The van der Waals surface area contributed by atoms with E-state index in [9.17, 15) is 9.59 Å². The summed E-state index contributed by atoms with van der Waals surface area (Å²) in [7, 11) is 0. The summed E-state index contributed by atoms with van der Waals surface area (Å²) >= 11 is 4.81. The Labute approximate surface area is 120 Å². The zero-order valence-corrected chi connectivity index (χ0v) is 11.2. The van der Waals surface area contributed by atoms with E-state index in [2.05, 4.69) is 10.6 Å². The molecule has 1 aromatic rings. The molecule has 1 aliphatic rings. The van der Waals surface area contributed by atoms with Gasteiger partial charge < -0.3 is 20.5 Å². The number of carbonyl (C=O) groups is 2. The molecule has 0 aromatic heterocycles. The van der Waals surface area contributed by atoms with E-state index in [0.29, 0.717) is 0 Å². The molecule has 20 heavy (non-hydrogen) atoms. The molecule has 0 saturated heterocycles. The standard InChI is InChI=1S/C13H12N2O4S/c16-11(17)10-9(6-14-13(20)15-10)12(18)19-7-8-4-2-1-3-5-8/h1-5H,6-7H2,(H,16,17)(H2,14,15,20). The Hall–Kier alpha value is -2.41. The van der Waals surface area contributed by atoms with E-state index in [1.165, 1.54) is 0 Å². The lowest BCUT2D eigenvalue weighted by atomic mass is 10.1. The van der Waals surface area contributed by atoms with E-state index >= 15 is 0 Å². The Bertz CT molecular complexity index is 583. The number of rotatable bonds is 4. The topological polar surface area (TPSA) is 87.7 Å². The summed E-state index contributed by atoms with van der Waals surface area (Å²) in [4.78, 5) is 23.0. The molecule has 0 fully saturated rings. The van der Waals surface area contributed by atoms with Crippen LogP contribution in [0.2, 0.25) is 0 Å². The van der Waals surface area contributed by atoms with Crippen molar-refractivity contribution >= 4 is 29.3 Å². The first-order valence-corrected chi connectivity index (χ1v) is 6.21. The van der Waals surface area contributed by atoms with Crippen molar-refractivity contribution in [2.24, 2.45) is 0 Å². The quantitative estimate of drug-likeness (QED) is 0.551. The van der Waals surface area contributed by atoms with Crippen LogP contribution in [0.5, 0.6) is 0 Å². The highest BCUT2D eigenvalue weighted by atomic mass is 32.1. The number of esters is 1. The molecule has 6 nitrogen and oxygen atoms in total. The second-order valence-corrected chi connectivity index (χ2v) is 4.44. The summed E-state index contributed by atoms with van der Waals surface area (Å²) in [5.74, 6) is -1.94. The molecule has 0 radical (unpaired) electrons. The minimum absolute atomic E-state index is 0.0158. The van der Waals surface area contributed by atoms with Crippen molar-refractivity contribution in [2.75, 3.05) is 6.54 Å². The fraction of sp³-hybridized carbons (Fsp3) is 0.154. The second kappa shape index (κ2) is 6.16. The van der Waals surface area contributed by atoms with Crippen molar-refractivity contribution in [2.45, 2.75) is 6.61 Å². The minimum atomic E-state index is -1.25. The van der Waals surface area contributed by atoms with Crippen LogP contribution in [-0.2, 0) is 20.9 Å². The van der Waals surface area contributed by atoms with Crippen molar-refractivity contribution in [3.63, 3.8) is 0 Å². The zero-order valence-electron chi connectivity index (χ0n) is 10.4. The van der Waals surface area contributed by atoms with Gasteiger partial charge in [-0.3, -0.25) is 0 Å². The molecule has 104 valence electrons. The third kappa shape index (κ3) is 3.33. The molecule has 0 atom stereocenters. The molecule has 0 amide bonds. The number of benzene rings is 1. The van der Waals surface area contributed by atoms with Gasteiger partial charge in [-0.1, -0.05) is 30.3 Å². The van der Waals surface area contributed by atoms with Gasteiger partial charge in [0.1, 0.15) is 12.3 Å². The van der Waals surface area contributed by atoms with Crippen LogP contribution in [0.3, 0.4) is 0 Å². The third-order valence-electron chi connectivity index (χ3n) is 2.64. The summed E-state index contributed by atoms with van der Waals surface area (Å²) in [5.41, 5.74) is 0.597. The molecule has 0 spiro atoms. The minimum Gasteiger partial charge on any atom is -0.477 e. The summed E-state index contributed by atoms with van der Waals surface area (Å²) in [6.45, 7) is 0.113. The highest BCUT2D eigenvalue weighted by molar-refractivity contribution is 7.80. The Morgan fingerprint density at radius 2 is 2.00 bits per heavy atom. The Morgan fingerprint density at radius 3 is 2.65 bits per heavy atom. The van der Waals surface area contributed by atoms with Crippen LogP contribution in [0.25, 0.3) is 0 Å². The average Bonchev–Trinajstić information content (AvgIpc) is 2.45. The molecule has 1 aliphatic heterocycles. The average molecular weight is 292 g/mol. The smallest absolute Gasteiger partial charge is 0.353 e. The fourth-order valence-electron chi connectivity index (χ4n) is 1.66. The Kier molecular flexibility index (Phi) is 4.31. The predicted molar refractivity (Wildman–Crippen MR) is 74.6 cm³/mol. The van der Waals surface area contributed by atoms with E-state index in [4.69, 9.17) is 22.1 Å². The summed E-state index contributed by atoms with van der Waals surface area (Å²) < 4.78 is 5.10. The highest BCUT2D eigenvalue weighted by Gasteiger charge is 2.26. The molecule has 1 heterocycles. The van der Waals surface area contributed by atoms with Gasteiger partial charge in [0.25, 0.3) is 0 Å². The number of hydrogen-bond donors (Lipinski definition) is 3. The number of carbonyl (C=O) groups excluding carboxylic acids is 1. The normalized spacial score (nSPS) is 14.3. The maximum absolute atomic E-state index is 11.9. The van der Waals surface area contributed by atoms with Crippen LogP contribution in [0.4, 0.5) is 0 Å². The van der Waals surface area contributed by atoms with Crippen molar-refractivity contribution in [1.29, 1.82) is 0 Å². The molecule has 3 N–H and O–H groups in total. The van der Waals surface area contributed by atoms with Crippen LogP contribution in [0.15, 0.2) is 41.6 Å². The van der Waals surface area contributed by atoms with Gasteiger partial charge in [0, 0.05) is 0 Å². The van der Waals surface area contributed by atoms with Crippen LogP contribution in [-0.4, -0.2) is 28.7 Å². The fourth-order valence-corrected chi connectivity index (χ4v) is 1.83. The van der Waals surface area contributed by atoms with Gasteiger partial charge in [-0.2, -0.15) is 0 Å². The van der Waals surface area contributed by atoms with E-state index in [1.807, 2.05) is 30.3 Å². The van der Waals surface area contributed by atoms with Crippen molar-refractivity contribution in [3.05, 3.63) is 47.2 Å². The van der Waals surface area contributed by atoms with Gasteiger partial charge in [-0.25, -0.2) is 9.59 Å². The van der Waals surface area contributed by atoms with Crippen molar-refractivity contribution < 1.29 is 19.4 Å². The molecule has 0 bridgehead atoms. The maximum atomic E-state index is 11.9. The Morgan fingerprint density at radius 1 is 1.30 bits per heavy atom. The van der Waals surface area contributed by atoms with Gasteiger partial charge in [0.15, 0.2) is 5.11 Å². The molecular weight excluding hydrogens is 280 g/mol. The number of thiocarbonyl (C=S) groups is 1. The molecule has 0 saturated carbocycles. The van der Waals surface area contributed by atoms with E-state index in [1.54, 1.807) is 0 Å². The summed E-state index contributed by atoms with van der Waals surface area (Å²) in [5, 5.41) is 14.4. The van der Waals surface area contributed by atoms with Gasteiger partial charge in [-0.15, -0.1) is 0 Å². The largest absolute Gasteiger partial charge is 0.477 e. The summed E-state index contributed by atoms with van der Waals surface area (Å²) in [6, 6.07) is 9.13. The van der Waals surface area contributed by atoms with Crippen molar-refractivity contribution in [3.8, 4) is 0 Å². The number of carboxylic acid groups (broad SMARTS) is 1. The highest BCUT2D eigenvalue weighted by Crippen LogP contribution is 2.10. The predicted octanol–water partition coefficient (Wildman–Crippen LogP) is 0.546. The number of ether oxygens (including phenoxy) is 1. The van der Waals surface area contributed by atoms with Crippen LogP contribution >= 0.6 is 12.2 Å². The molecule has 2 rings (SSSR count). The monoisotopic (exact) mass is 292 g/mol. The van der Waals surface area contributed by atoms with E-state index in [-0.39, 0.29) is 29.5 Å².